The predicted octanol–water partition coefficient (Wildman–Crippen LogP) is 6.55. The van der Waals surface area contributed by atoms with Gasteiger partial charge in [0.1, 0.15) is 17.7 Å². The van der Waals surface area contributed by atoms with Crippen molar-refractivity contribution >= 4 is 17.9 Å². The molecule has 0 aliphatic rings. The van der Waals surface area contributed by atoms with Gasteiger partial charge in [0.25, 0.3) is 0 Å². The molecule has 0 saturated carbocycles. The molecule has 2 atom stereocenters. The highest BCUT2D eigenvalue weighted by molar-refractivity contribution is 5.92. The van der Waals surface area contributed by atoms with E-state index in [-0.39, 0.29) is 23.8 Å². The Morgan fingerprint density at radius 2 is 1.50 bits per heavy atom. The zero-order valence-electron chi connectivity index (χ0n) is 25.4. The Balaban J connectivity index is 3.46. The SMILES string of the molecule is CCCCCCCN(C(=O)C(CC(C)C)NC(=O)OC(C)(C)C)C(C(=O)NC(C)C)c1ccc(CC)cc1. The predicted molar refractivity (Wildman–Crippen MR) is 155 cm³/mol. The van der Waals surface area contributed by atoms with Crippen LogP contribution < -0.4 is 10.6 Å². The molecule has 1 aromatic rings. The molecule has 216 valence electrons. The number of ether oxygens (including phenoxy) is 1. The highest BCUT2D eigenvalue weighted by Crippen LogP contribution is 2.26. The van der Waals surface area contributed by atoms with E-state index in [2.05, 4.69) is 24.5 Å². The fourth-order valence-electron chi connectivity index (χ4n) is 4.37. The minimum atomic E-state index is -0.801. The van der Waals surface area contributed by atoms with Crippen molar-refractivity contribution in [3.8, 4) is 0 Å². The number of alkyl carbamates (subject to hydrolysis) is 1. The van der Waals surface area contributed by atoms with Crippen LogP contribution in [0.5, 0.6) is 0 Å². The number of hydrogen-bond acceptors (Lipinski definition) is 4. The number of nitrogens with zero attached hydrogens (tertiary/aromatic N) is 1. The Labute approximate surface area is 231 Å². The molecule has 0 aliphatic carbocycles. The van der Waals surface area contributed by atoms with E-state index in [0.29, 0.717) is 13.0 Å². The quantitative estimate of drug-likeness (QED) is 0.251. The van der Waals surface area contributed by atoms with E-state index in [9.17, 15) is 14.4 Å². The maximum atomic E-state index is 14.2. The normalized spacial score (nSPS) is 13.2. The van der Waals surface area contributed by atoms with Crippen LogP contribution in [-0.4, -0.2) is 47.0 Å². The summed E-state index contributed by atoms with van der Waals surface area (Å²) in [7, 11) is 0. The number of aryl methyl sites for hydroxylation is 1. The van der Waals surface area contributed by atoms with Crippen molar-refractivity contribution in [1.29, 1.82) is 0 Å². The summed E-state index contributed by atoms with van der Waals surface area (Å²) in [6.07, 6.45) is 5.80. The summed E-state index contributed by atoms with van der Waals surface area (Å²) in [5, 5.41) is 5.84. The van der Waals surface area contributed by atoms with Gasteiger partial charge in [0.2, 0.25) is 11.8 Å². The van der Waals surface area contributed by atoms with Crippen molar-refractivity contribution in [3.63, 3.8) is 0 Å². The largest absolute Gasteiger partial charge is 0.444 e. The second-order valence-corrected chi connectivity index (χ2v) is 11.9. The Kier molecular flexibility index (Phi) is 14.4. The third-order valence-corrected chi connectivity index (χ3v) is 6.18. The lowest BCUT2D eigenvalue weighted by atomic mass is 9.97. The molecule has 0 aromatic heterocycles. The first-order chi connectivity index (χ1) is 17.8. The smallest absolute Gasteiger partial charge is 0.408 e. The summed E-state index contributed by atoms with van der Waals surface area (Å²) >= 11 is 0. The van der Waals surface area contributed by atoms with Gasteiger partial charge in [-0.15, -0.1) is 0 Å². The molecule has 1 rings (SSSR count). The second kappa shape index (κ2) is 16.4. The van der Waals surface area contributed by atoms with Crippen LogP contribution in [0.3, 0.4) is 0 Å². The number of benzene rings is 1. The van der Waals surface area contributed by atoms with E-state index < -0.39 is 23.8 Å². The van der Waals surface area contributed by atoms with Gasteiger partial charge in [0, 0.05) is 12.6 Å². The molecule has 0 saturated heterocycles. The topological polar surface area (TPSA) is 87.7 Å². The van der Waals surface area contributed by atoms with Crippen molar-refractivity contribution < 1.29 is 19.1 Å². The number of hydrogen-bond donors (Lipinski definition) is 2. The van der Waals surface area contributed by atoms with Crippen LogP contribution >= 0.6 is 0 Å². The van der Waals surface area contributed by atoms with Gasteiger partial charge in [0.15, 0.2) is 0 Å². The Morgan fingerprint density at radius 3 is 2.00 bits per heavy atom. The van der Waals surface area contributed by atoms with Crippen molar-refractivity contribution in [3.05, 3.63) is 35.4 Å². The van der Waals surface area contributed by atoms with E-state index in [1.54, 1.807) is 25.7 Å². The molecule has 0 heterocycles. The molecular weight excluding hydrogens is 478 g/mol. The van der Waals surface area contributed by atoms with E-state index in [1.165, 1.54) is 5.56 Å². The van der Waals surface area contributed by atoms with Crippen LogP contribution in [0.2, 0.25) is 0 Å². The third kappa shape index (κ3) is 12.3. The number of rotatable bonds is 15. The molecule has 2 N–H and O–H groups in total. The lowest BCUT2D eigenvalue weighted by molar-refractivity contribution is -0.143. The molecule has 3 amide bonds. The van der Waals surface area contributed by atoms with Gasteiger partial charge in [-0.05, 0) is 70.9 Å². The van der Waals surface area contributed by atoms with Crippen LogP contribution in [0, 0.1) is 5.92 Å². The van der Waals surface area contributed by atoms with Crippen LogP contribution in [-0.2, 0) is 20.7 Å². The summed E-state index contributed by atoms with van der Waals surface area (Å²) in [6, 6.07) is 6.24. The maximum absolute atomic E-state index is 14.2. The van der Waals surface area contributed by atoms with Crippen molar-refractivity contribution in [2.45, 2.75) is 131 Å². The van der Waals surface area contributed by atoms with Crippen LogP contribution in [0.25, 0.3) is 0 Å². The number of carbonyl (C=O) groups is 3. The molecule has 2 unspecified atom stereocenters. The van der Waals surface area contributed by atoms with Gasteiger partial charge in [-0.2, -0.15) is 0 Å². The fourth-order valence-corrected chi connectivity index (χ4v) is 4.37. The fraction of sp³-hybridized carbons (Fsp3) is 0.710. The first-order valence-electron chi connectivity index (χ1n) is 14.5. The number of nitrogens with one attached hydrogen (secondary N) is 2. The molecular formula is C31H53N3O4. The lowest BCUT2D eigenvalue weighted by Gasteiger charge is -2.35. The highest BCUT2D eigenvalue weighted by Gasteiger charge is 2.36. The average Bonchev–Trinajstić information content (AvgIpc) is 2.80. The Morgan fingerprint density at radius 1 is 0.895 bits per heavy atom. The third-order valence-electron chi connectivity index (χ3n) is 6.18. The summed E-state index contributed by atoms with van der Waals surface area (Å²) in [6.45, 7) is 17.9. The van der Waals surface area contributed by atoms with Gasteiger partial charge >= 0.3 is 6.09 Å². The van der Waals surface area contributed by atoms with E-state index in [0.717, 1.165) is 44.1 Å². The van der Waals surface area contributed by atoms with Crippen molar-refractivity contribution in [1.82, 2.24) is 15.5 Å². The minimum Gasteiger partial charge on any atom is -0.444 e. The molecule has 0 spiro atoms. The van der Waals surface area contributed by atoms with Crippen LogP contribution in [0.1, 0.15) is 118 Å². The molecule has 0 bridgehead atoms. The van der Waals surface area contributed by atoms with Crippen molar-refractivity contribution in [2.75, 3.05) is 6.54 Å². The average molecular weight is 532 g/mol. The number of carbonyl (C=O) groups excluding carboxylic acids is 3. The first-order valence-corrected chi connectivity index (χ1v) is 14.5. The van der Waals surface area contributed by atoms with Gasteiger partial charge < -0.3 is 20.3 Å². The summed E-state index contributed by atoms with van der Waals surface area (Å²) < 4.78 is 5.48. The monoisotopic (exact) mass is 531 g/mol. The van der Waals surface area contributed by atoms with E-state index in [4.69, 9.17) is 4.74 Å². The Bertz CT molecular complexity index is 859. The zero-order valence-corrected chi connectivity index (χ0v) is 25.4. The van der Waals surface area contributed by atoms with Gasteiger partial charge in [-0.25, -0.2) is 4.79 Å². The standard InChI is InChI=1S/C31H53N3O4/c1-10-12-13-14-15-20-34(29(36)26(21-22(3)4)33-30(37)38-31(7,8)9)27(28(35)32-23(5)6)25-18-16-24(11-2)17-19-25/h16-19,22-23,26-27H,10-15,20-21H2,1-9H3,(H,32,35)(H,33,37). The van der Waals surface area contributed by atoms with Crippen LogP contribution in [0.4, 0.5) is 4.79 Å². The van der Waals surface area contributed by atoms with E-state index in [1.807, 2.05) is 52.0 Å². The maximum Gasteiger partial charge on any atom is 0.408 e. The number of unbranched alkanes of at least 4 members (excludes halogenated alkanes) is 4. The molecule has 0 fully saturated rings. The lowest BCUT2D eigenvalue weighted by Crippen LogP contribution is -2.54. The summed E-state index contributed by atoms with van der Waals surface area (Å²) in [5.41, 5.74) is 1.25. The molecule has 0 radical (unpaired) electrons. The van der Waals surface area contributed by atoms with Gasteiger partial charge in [0.05, 0.1) is 0 Å². The van der Waals surface area contributed by atoms with Gasteiger partial charge in [-0.3, -0.25) is 9.59 Å². The van der Waals surface area contributed by atoms with E-state index >= 15 is 0 Å². The zero-order chi connectivity index (χ0) is 28.9. The first kappa shape index (κ1) is 33.5. The Hall–Kier alpha value is -2.57. The summed E-state index contributed by atoms with van der Waals surface area (Å²) in [4.78, 5) is 42.2. The van der Waals surface area contributed by atoms with Gasteiger partial charge in [-0.1, -0.05) is 77.6 Å². The second-order valence-electron chi connectivity index (χ2n) is 11.9. The van der Waals surface area contributed by atoms with Crippen LogP contribution in [0.15, 0.2) is 24.3 Å². The van der Waals surface area contributed by atoms with Crippen molar-refractivity contribution in [2.24, 2.45) is 5.92 Å². The molecule has 0 aliphatic heterocycles. The molecule has 7 nitrogen and oxygen atoms in total. The number of amides is 3. The minimum absolute atomic E-state index is 0.0761. The highest BCUT2D eigenvalue weighted by atomic mass is 16.6. The summed E-state index contributed by atoms with van der Waals surface area (Å²) in [5.74, 6) is -0.327. The molecule has 7 heteroatoms. The molecule has 38 heavy (non-hydrogen) atoms. The molecule has 1 aromatic carbocycles.